The lowest BCUT2D eigenvalue weighted by Gasteiger charge is -2.25. The first-order chi connectivity index (χ1) is 13.9. The van der Waals surface area contributed by atoms with Gasteiger partial charge in [-0.1, -0.05) is 48.5 Å². The molecule has 1 aliphatic carbocycles. The van der Waals surface area contributed by atoms with Gasteiger partial charge >= 0.3 is 12.1 Å². The predicted molar refractivity (Wildman–Crippen MR) is 110 cm³/mol. The molecule has 154 valence electrons. The molecule has 0 heterocycles. The van der Waals surface area contributed by atoms with E-state index in [-0.39, 0.29) is 31.7 Å². The number of fused-ring (bicyclic) bond motifs is 3. The summed E-state index contributed by atoms with van der Waals surface area (Å²) in [6.07, 6.45) is -0.443. The number of hydrogen-bond acceptors (Lipinski definition) is 4. The third-order valence-corrected chi connectivity index (χ3v) is 5.22. The van der Waals surface area contributed by atoms with Crippen LogP contribution in [0.25, 0.3) is 11.1 Å². The van der Waals surface area contributed by atoms with E-state index in [9.17, 15) is 14.7 Å². The molecule has 1 N–H and O–H groups in total. The summed E-state index contributed by atoms with van der Waals surface area (Å²) < 4.78 is 11.0. The fourth-order valence-corrected chi connectivity index (χ4v) is 3.72. The van der Waals surface area contributed by atoms with Crippen LogP contribution in [0.3, 0.4) is 0 Å². The number of ether oxygens (including phenoxy) is 2. The SMILES string of the molecule is CC(C)OCC[C@@H](C(=O)O)N(C)C(=O)OCC1c2ccccc2-c2ccccc21. The Morgan fingerprint density at radius 3 is 2.10 bits per heavy atom. The first-order valence-electron chi connectivity index (χ1n) is 9.82. The molecule has 29 heavy (non-hydrogen) atoms. The fraction of sp³-hybridized carbons (Fsp3) is 0.391. The summed E-state index contributed by atoms with van der Waals surface area (Å²) in [6, 6.07) is 15.2. The van der Waals surface area contributed by atoms with Gasteiger partial charge in [-0.2, -0.15) is 0 Å². The number of carboxylic acid groups (broad SMARTS) is 1. The van der Waals surface area contributed by atoms with E-state index in [0.717, 1.165) is 27.2 Å². The van der Waals surface area contributed by atoms with Gasteiger partial charge in [0.1, 0.15) is 12.6 Å². The average molecular weight is 397 g/mol. The first kappa shape index (κ1) is 20.9. The van der Waals surface area contributed by atoms with Crippen molar-refractivity contribution in [3.8, 4) is 11.1 Å². The van der Waals surface area contributed by atoms with Crippen LogP contribution in [0.4, 0.5) is 4.79 Å². The van der Waals surface area contributed by atoms with Crippen LogP contribution in [-0.4, -0.2) is 54.5 Å². The summed E-state index contributed by atoms with van der Waals surface area (Å²) in [5, 5.41) is 9.49. The van der Waals surface area contributed by atoms with E-state index < -0.39 is 18.1 Å². The van der Waals surface area contributed by atoms with Gasteiger partial charge in [0.2, 0.25) is 0 Å². The van der Waals surface area contributed by atoms with Crippen LogP contribution in [-0.2, 0) is 14.3 Å². The Morgan fingerprint density at radius 1 is 1.03 bits per heavy atom. The smallest absolute Gasteiger partial charge is 0.410 e. The van der Waals surface area contributed by atoms with Crippen LogP contribution in [0.2, 0.25) is 0 Å². The number of benzene rings is 2. The Balaban J connectivity index is 1.67. The number of aliphatic carboxylic acids is 1. The lowest BCUT2D eigenvalue weighted by atomic mass is 9.98. The Kier molecular flexibility index (Phi) is 6.54. The average Bonchev–Trinajstić information content (AvgIpc) is 3.02. The zero-order chi connectivity index (χ0) is 21.0. The van der Waals surface area contributed by atoms with Crippen molar-refractivity contribution in [2.75, 3.05) is 20.3 Å². The molecule has 0 unspecified atom stereocenters. The van der Waals surface area contributed by atoms with Crippen molar-refractivity contribution in [1.82, 2.24) is 4.90 Å². The molecule has 3 rings (SSSR count). The lowest BCUT2D eigenvalue weighted by Crippen LogP contribution is -2.43. The molecular formula is C23H27NO5. The molecule has 0 saturated carbocycles. The van der Waals surface area contributed by atoms with E-state index in [1.165, 1.54) is 7.05 Å². The van der Waals surface area contributed by atoms with Gasteiger partial charge in [-0.15, -0.1) is 0 Å². The van der Waals surface area contributed by atoms with Gasteiger partial charge in [-0.25, -0.2) is 9.59 Å². The van der Waals surface area contributed by atoms with Gasteiger partial charge in [0.25, 0.3) is 0 Å². The molecular weight excluding hydrogens is 370 g/mol. The van der Waals surface area contributed by atoms with Crippen molar-refractivity contribution in [3.05, 3.63) is 59.7 Å². The normalized spacial score (nSPS) is 13.7. The molecule has 0 saturated heterocycles. The summed E-state index contributed by atoms with van der Waals surface area (Å²) in [5.41, 5.74) is 4.52. The first-order valence-corrected chi connectivity index (χ1v) is 9.82. The number of hydrogen-bond donors (Lipinski definition) is 1. The van der Waals surface area contributed by atoms with Crippen molar-refractivity contribution in [2.45, 2.75) is 38.3 Å². The van der Waals surface area contributed by atoms with Gasteiger partial charge in [-0.05, 0) is 36.1 Å². The molecule has 0 radical (unpaired) electrons. The minimum atomic E-state index is -1.08. The Bertz CT molecular complexity index is 834. The van der Waals surface area contributed by atoms with Gasteiger partial charge in [0, 0.05) is 26.0 Å². The lowest BCUT2D eigenvalue weighted by molar-refractivity contribution is -0.143. The van der Waals surface area contributed by atoms with Gasteiger partial charge in [0.15, 0.2) is 0 Å². The number of carbonyl (C=O) groups excluding carboxylic acids is 1. The minimum absolute atomic E-state index is 0.00389. The predicted octanol–water partition coefficient (Wildman–Crippen LogP) is 4.14. The fourth-order valence-electron chi connectivity index (χ4n) is 3.72. The topological polar surface area (TPSA) is 76.1 Å². The highest BCUT2D eigenvalue weighted by molar-refractivity contribution is 5.81. The van der Waals surface area contributed by atoms with Crippen molar-refractivity contribution in [2.24, 2.45) is 0 Å². The molecule has 6 heteroatoms. The summed E-state index contributed by atoms with van der Waals surface area (Å²) in [5.74, 6) is -1.14. The Hall–Kier alpha value is -2.86. The Labute approximate surface area is 171 Å². The zero-order valence-corrected chi connectivity index (χ0v) is 17.0. The van der Waals surface area contributed by atoms with Crippen LogP contribution in [0.1, 0.15) is 37.3 Å². The highest BCUT2D eigenvalue weighted by Crippen LogP contribution is 2.44. The van der Waals surface area contributed by atoms with Crippen LogP contribution in [0.15, 0.2) is 48.5 Å². The number of carbonyl (C=O) groups is 2. The highest BCUT2D eigenvalue weighted by atomic mass is 16.6. The number of rotatable bonds is 8. The summed E-state index contributed by atoms with van der Waals surface area (Å²) in [7, 11) is 1.45. The Morgan fingerprint density at radius 2 is 1.59 bits per heavy atom. The summed E-state index contributed by atoms with van der Waals surface area (Å²) >= 11 is 0. The minimum Gasteiger partial charge on any atom is -0.480 e. The molecule has 0 fully saturated rings. The number of nitrogens with zero attached hydrogens (tertiary/aromatic N) is 1. The van der Waals surface area contributed by atoms with Crippen LogP contribution in [0, 0.1) is 0 Å². The molecule has 0 aliphatic heterocycles. The molecule has 0 bridgehead atoms. The molecule has 2 aromatic rings. The van der Waals surface area contributed by atoms with E-state index in [1.807, 2.05) is 50.2 Å². The van der Waals surface area contributed by atoms with Crippen molar-refractivity contribution < 1.29 is 24.2 Å². The second-order valence-corrected chi connectivity index (χ2v) is 7.48. The second-order valence-electron chi connectivity index (χ2n) is 7.48. The van der Waals surface area contributed by atoms with Crippen LogP contribution < -0.4 is 0 Å². The van der Waals surface area contributed by atoms with E-state index >= 15 is 0 Å². The molecule has 1 amide bonds. The van der Waals surface area contributed by atoms with Crippen LogP contribution in [0.5, 0.6) is 0 Å². The maximum Gasteiger partial charge on any atom is 0.410 e. The molecule has 6 nitrogen and oxygen atoms in total. The third kappa shape index (κ3) is 4.59. The van der Waals surface area contributed by atoms with E-state index in [0.29, 0.717) is 0 Å². The second kappa shape index (κ2) is 9.09. The summed E-state index contributed by atoms with van der Waals surface area (Å²) in [4.78, 5) is 25.3. The van der Waals surface area contributed by atoms with E-state index in [1.54, 1.807) is 0 Å². The quantitative estimate of drug-likeness (QED) is 0.725. The van der Waals surface area contributed by atoms with Crippen molar-refractivity contribution >= 4 is 12.1 Å². The van der Waals surface area contributed by atoms with Crippen molar-refractivity contribution in [1.29, 1.82) is 0 Å². The van der Waals surface area contributed by atoms with E-state index in [4.69, 9.17) is 9.47 Å². The standard InChI is InChI=1S/C23H27NO5/c1-15(2)28-13-12-21(22(25)26)24(3)23(27)29-14-20-18-10-6-4-8-16(18)17-9-5-7-11-19(17)20/h4-11,15,20-21H,12-14H2,1-3H3,(H,25,26)/t21-/m0/s1. The maximum absolute atomic E-state index is 12.6. The molecule has 1 atom stereocenters. The van der Waals surface area contributed by atoms with E-state index in [2.05, 4.69) is 12.1 Å². The molecule has 0 spiro atoms. The van der Waals surface area contributed by atoms with Crippen molar-refractivity contribution in [3.63, 3.8) is 0 Å². The third-order valence-electron chi connectivity index (χ3n) is 5.22. The largest absolute Gasteiger partial charge is 0.480 e. The zero-order valence-electron chi connectivity index (χ0n) is 17.0. The maximum atomic E-state index is 12.6. The number of amides is 1. The molecule has 0 aromatic heterocycles. The van der Waals surface area contributed by atoms with Gasteiger partial charge in [-0.3, -0.25) is 4.90 Å². The molecule has 1 aliphatic rings. The van der Waals surface area contributed by atoms with Gasteiger partial charge < -0.3 is 14.6 Å². The molecule has 2 aromatic carbocycles. The number of likely N-dealkylation sites (N-methyl/N-ethyl adjacent to an activating group) is 1. The monoisotopic (exact) mass is 397 g/mol. The highest BCUT2D eigenvalue weighted by Gasteiger charge is 2.31. The number of carboxylic acids is 1. The van der Waals surface area contributed by atoms with Gasteiger partial charge in [0.05, 0.1) is 6.10 Å². The summed E-state index contributed by atoms with van der Waals surface area (Å²) in [6.45, 7) is 4.18. The van der Waals surface area contributed by atoms with Crippen LogP contribution >= 0.6 is 0 Å².